The van der Waals surface area contributed by atoms with Crippen LogP contribution in [-0.2, 0) is 9.53 Å². The summed E-state index contributed by atoms with van der Waals surface area (Å²) in [7, 11) is 1.25. The van der Waals surface area contributed by atoms with Crippen molar-refractivity contribution >= 4 is 38.1 Å². The van der Waals surface area contributed by atoms with Gasteiger partial charge in [0, 0.05) is 0 Å². The second-order valence-corrected chi connectivity index (χ2v) is 6.01. The van der Waals surface area contributed by atoms with E-state index in [-0.39, 0.29) is 0 Å². The van der Waals surface area contributed by atoms with E-state index in [1.54, 1.807) is 24.3 Å². The number of carboxylic acid groups (broad SMARTS) is 1. The number of carbonyl (C=O) groups excluding carboxylic acids is 1. The number of hydrogen-bond acceptors (Lipinski definition) is 3. The SMILES string of the molecule is COC(=O)[AsH][C@@H](C(=O)O)c1ccccc1Cl. The summed E-state index contributed by atoms with van der Waals surface area (Å²) in [5.41, 5.74) is 0.474. The van der Waals surface area contributed by atoms with Crippen LogP contribution in [0.2, 0.25) is 5.02 Å². The number of rotatable bonds is 4. The number of benzene rings is 1. The van der Waals surface area contributed by atoms with E-state index in [0.717, 1.165) is 0 Å². The fraction of sp³-hybridized carbons (Fsp3) is 0.200. The maximum atomic E-state index is 11.1. The Bertz CT molecular complexity index is 408. The summed E-state index contributed by atoms with van der Waals surface area (Å²) in [5, 5.41) is 9.42. The average molecular weight is 305 g/mol. The zero-order valence-corrected chi connectivity index (χ0v) is 11.3. The molecule has 1 aromatic rings. The second kappa shape index (κ2) is 5.92. The van der Waals surface area contributed by atoms with Crippen LogP contribution in [0.3, 0.4) is 0 Å². The molecule has 0 amide bonds. The van der Waals surface area contributed by atoms with Crippen LogP contribution in [0.15, 0.2) is 24.3 Å². The van der Waals surface area contributed by atoms with E-state index in [1.165, 1.54) is 7.11 Å². The molecule has 0 aromatic heterocycles. The summed E-state index contributed by atoms with van der Waals surface area (Å²) in [6, 6.07) is 6.63. The van der Waals surface area contributed by atoms with Gasteiger partial charge in [0.2, 0.25) is 0 Å². The molecular weight excluding hydrogens is 294 g/mol. The third kappa shape index (κ3) is 3.25. The van der Waals surface area contributed by atoms with E-state index < -0.39 is 31.2 Å². The van der Waals surface area contributed by atoms with Gasteiger partial charge in [0.05, 0.1) is 0 Å². The second-order valence-electron chi connectivity index (χ2n) is 2.93. The molecule has 0 bridgehead atoms. The van der Waals surface area contributed by atoms with Gasteiger partial charge in [0.15, 0.2) is 0 Å². The summed E-state index contributed by atoms with van der Waals surface area (Å²) < 4.78 is 3.20. The third-order valence-corrected chi connectivity index (χ3v) is 4.95. The summed E-state index contributed by atoms with van der Waals surface area (Å²) in [4.78, 5) is 22.2. The minimum absolute atomic E-state index is 0.363. The van der Waals surface area contributed by atoms with Crippen LogP contribution >= 0.6 is 11.6 Å². The molecule has 1 unspecified atom stereocenters. The Labute approximate surface area is 104 Å². The summed E-state index contributed by atoms with van der Waals surface area (Å²) >= 11 is 4.47. The van der Waals surface area contributed by atoms with E-state index in [1.807, 2.05) is 0 Å². The molecule has 0 saturated heterocycles. The molecule has 0 aliphatic rings. The number of hydrogen-bond donors (Lipinski definition) is 1. The first-order valence-corrected chi connectivity index (χ1v) is 7.01. The summed E-state index contributed by atoms with van der Waals surface area (Å²) in [5.74, 6) is -1.04. The van der Waals surface area contributed by atoms with Crippen molar-refractivity contribution < 1.29 is 19.4 Å². The Kier molecular flexibility index (Phi) is 4.84. The van der Waals surface area contributed by atoms with E-state index in [9.17, 15) is 9.59 Å². The van der Waals surface area contributed by atoms with Crippen molar-refractivity contribution in [2.45, 2.75) is 4.71 Å². The van der Waals surface area contributed by atoms with Crippen LogP contribution in [0, 0.1) is 0 Å². The molecule has 0 radical (unpaired) electrons. The molecule has 2 atom stereocenters. The van der Waals surface area contributed by atoms with Gasteiger partial charge in [-0.1, -0.05) is 0 Å². The van der Waals surface area contributed by atoms with Gasteiger partial charge in [-0.15, -0.1) is 0 Å². The Balaban J connectivity index is 2.99. The zero-order valence-electron chi connectivity index (χ0n) is 8.44. The van der Waals surface area contributed by atoms with Crippen molar-refractivity contribution in [1.82, 2.24) is 0 Å². The van der Waals surface area contributed by atoms with Crippen molar-refractivity contribution in [1.29, 1.82) is 0 Å². The van der Waals surface area contributed by atoms with Crippen molar-refractivity contribution in [2.24, 2.45) is 0 Å². The van der Waals surface area contributed by atoms with Gasteiger partial charge in [-0.2, -0.15) is 0 Å². The number of ether oxygens (including phenoxy) is 1. The fourth-order valence-electron chi connectivity index (χ4n) is 1.16. The molecule has 0 spiro atoms. The molecule has 86 valence electrons. The summed E-state index contributed by atoms with van der Waals surface area (Å²) in [6.45, 7) is 0. The monoisotopic (exact) mass is 304 g/mol. The maximum absolute atomic E-state index is 11.1. The fourth-order valence-corrected chi connectivity index (χ4v) is 3.45. The van der Waals surface area contributed by atoms with E-state index >= 15 is 0 Å². The van der Waals surface area contributed by atoms with Gasteiger partial charge in [0.25, 0.3) is 0 Å². The van der Waals surface area contributed by atoms with Crippen LogP contribution in [0.4, 0.5) is 4.79 Å². The minimum atomic E-state index is -1.43. The predicted molar refractivity (Wildman–Crippen MR) is 61.4 cm³/mol. The number of carboxylic acids is 1. The molecule has 16 heavy (non-hydrogen) atoms. The number of methoxy groups -OCH3 is 1. The van der Waals surface area contributed by atoms with Crippen molar-refractivity contribution in [3.8, 4) is 0 Å². The van der Waals surface area contributed by atoms with Crippen LogP contribution in [0.25, 0.3) is 0 Å². The van der Waals surface area contributed by atoms with Crippen LogP contribution in [0.1, 0.15) is 10.3 Å². The van der Waals surface area contributed by atoms with Crippen LogP contribution < -0.4 is 0 Å². The summed E-state index contributed by atoms with van der Waals surface area (Å²) in [6.07, 6.45) is 0. The Morgan fingerprint density at radius 1 is 1.44 bits per heavy atom. The first-order chi connectivity index (χ1) is 7.56. The molecule has 1 rings (SSSR count). The Morgan fingerprint density at radius 2 is 2.06 bits per heavy atom. The number of aliphatic carboxylic acids is 1. The molecule has 0 heterocycles. The molecule has 0 saturated carbocycles. The quantitative estimate of drug-likeness (QED) is 0.860. The molecule has 1 aromatic carbocycles. The molecule has 6 heteroatoms. The van der Waals surface area contributed by atoms with Gasteiger partial charge in [-0.05, 0) is 0 Å². The first-order valence-electron chi connectivity index (χ1n) is 4.38. The normalized spacial score (nSPS) is 12.6. The molecular formula is C10H10AsClO4. The van der Waals surface area contributed by atoms with Crippen molar-refractivity contribution in [3.63, 3.8) is 0 Å². The standard InChI is InChI=1S/C10H10AsClO4/c1-16-10(15)11-8(9(13)14)6-4-2-3-5-7(6)12/h2-5,8,11H,1H3,(H,13,14)/t8-/m1/s1. The van der Waals surface area contributed by atoms with Crippen LogP contribution in [0.5, 0.6) is 0 Å². The van der Waals surface area contributed by atoms with E-state index in [4.69, 9.17) is 16.7 Å². The predicted octanol–water partition coefficient (Wildman–Crippen LogP) is 1.67. The van der Waals surface area contributed by atoms with Gasteiger partial charge in [0.1, 0.15) is 0 Å². The molecule has 4 nitrogen and oxygen atoms in total. The molecule has 1 N–H and O–H groups in total. The third-order valence-electron chi connectivity index (χ3n) is 1.91. The first kappa shape index (κ1) is 13.1. The van der Waals surface area contributed by atoms with Gasteiger partial charge < -0.3 is 0 Å². The van der Waals surface area contributed by atoms with E-state index in [0.29, 0.717) is 10.6 Å². The number of carbonyl (C=O) groups is 2. The van der Waals surface area contributed by atoms with Gasteiger partial charge in [-0.25, -0.2) is 0 Å². The molecule has 0 fully saturated rings. The Morgan fingerprint density at radius 3 is 2.56 bits per heavy atom. The van der Waals surface area contributed by atoms with Gasteiger partial charge in [-0.3, -0.25) is 0 Å². The topological polar surface area (TPSA) is 63.6 Å². The zero-order chi connectivity index (χ0) is 12.1. The Hall–Kier alpha value is -0.992. The van der Waals surface area contributed by atoms with Crippen molar-refractivity contribution in [3.05, 3.63) is 34.9 Å². The van der Waals surface area contributed by atoms with E-state index in [2.05, 4.69) is 4.74 Å². The molecule has 0 aliphatic heterocycles. The average Bonchev–Trinajstić information content (AvgIpc) is 2.26. The van der Waals surface area contributed by atoms with Gasteiger partial charge >= 0.3 is 104 Å². The number of halogens is 1. The molecule has 0 aliphatic carbocycles. The van der Waals surface area contributed by atoms with Crippen LogP contribution in [-0.4, -0.2) is 38.7 Å². The van der Waals surface area contributed by atoms with Crippen molar-refractivity contribution in [2.75, 3.05) is 7.11 Å².